The van der Waals surface area contributed by atoms with Crippen molar-refractivity contribution in [1.82, 2.24) is 4.98 Å². The van der Waals surface area contributed by atoms with Gasteiger partial charge in [-0.15, -0.1) is 0 Å². The molecule has 0 saturated carbocycles. The first-order valence-electron chi connectivity index (χ1n) is 7.60. The van der Waals surface area contributed by atoms with Gasteiger partial charge in [0.05, 0.1) is 21.3 Å². The average molecular weight is 431 g/mol. The van der Waals surface area contributed by atoms with Gasteiger partial charge >= 0.3 is 0 Å². The number of non-ortho nitro benzene ring substituents is 1. The third kappa shape index (κ3) is 4.12. The summed E-state index contributed by atoms with van der Waals surface area (Å²) in [6.07, 6.45) is 1.64. The zero-order valence-corrected chi connectivity index (χ0v) is 15.9. The van der Waals surface area contributed by atoms with Crippen LogP contribution >= 0.6 is 23.2 Å². The monoisotopic (exact) mass is 430 g/mol. The number of benzene rings is 1. The molecule has 0 unspecified atom stereocenters. The van der Waals surface area contributed by atoms with Crippen LogP contribution in [-0.2, 0) is 10.0 Å². The predicted octanol–water partition coefficient (Wildman–Crippen LogP) is 3.09. The summed E-state index contributed by atoms with van der Waals surface area (Å²) in [5.41, 5.74) is -0.212. The largest absolute Gasteiger partial charge is 0.322 e. The first kappa shape index (κ1) is 19.3. The number of amides is 1. The van der Waals surface area contributed by atoms with Gasteiger partial charge in [-0.05, 0) is 18.6 Å². The third-order valence-corrected chi connectivity index (χ3v) is 6.16. The summed E-state index contributed by atoms with van der Waals surface area (Å²) in [6.45, 7) is 0.262. The number of nitrogens with one attached hydrogen (secondary N) is 1. The van der Waals surface area contributed by atoms with E-state index in [1.165, 1.54) is 18.3 Å². The van der Waals surface area contributed by atoms with E-state index >= 15 is 0 Å². The molecule has 0 atom stereocenters. The molecule has 1 N–H and O–H groups in total. The summed E-state index contributed by atoms with van der Waals surface area (Å²) < 4.78 is 25.2. The SMILES string of the molecule is O=C(Nc1cc(Cl)cc([N+](=O)[O-])c1)c1cc(N2CCCS2(=O)=O)ncc1Cl. The second kappa shape index (κ2) is 7.29. The molecule has 3 rings (SSSR count). The maximum Gasteiger partial charge on any atom is 0.272 e. The van der Waals surface area contributed by atoms with E-state index in [4.69, 9.17) is 23.2 Å². The molecule has 2 heterocycles. The van der Waals surface area contributed by atoms with Crippen molar-refractivity contribution in [2.75, 3.05) is 21.9 Å². The quantitative estimate of drug-likeness (QED) is 0.586. The number of carbonyl (C=O) groups is 1. The fourth-order valence-corrected chi connectivity index (χ4v) is 4.51. The number of nitro groups is 1. The van der Waals surface area contributed by atoms with Gasteiger partial charge in [0.2, 0.25) is 10.0 Å². The summed E-state index contributed by atoms with van der Waals surface area (Å²) in [7, 11) is -3.47. The van der Waals surface area contributed by atoms with Crippen LogP contribution < -0.4 is 9.62 Å². The van der Waals surface area contributed by atoms with Gasteiger partial charge in [-0.2, -0.15) is 0 Å². The Morgan fingerprint density at radius 1 is 1.26 bits per heavy atom. The topological polar surface area (TPSA) is 123 Å². The minimum Gasteiger partial charge on any atom is -0.322 e. The standard InChI is InChI=1S/C15H12Cl2N4O5S/c16-9-4-10(6-11(5-9)21(23)24)19-15(22)12-7-14(18-8-13(12)17)20-2-1-3-27(20,25)26/h4-8H,1-3H2,(H,19,22). The Hall–Kier alpha value is -2.43. The molecule has 1 aliphatic heterocycles. The molecule has 1 fully saturated rings. The Kier molecular flexibility index (Phi) is 5.22. The molecular formula is C15H12Cl2N4O5S. The van der Waals surface area contributed by atoms with Crippen LogP contribution in [-0.4, -0.2) is 36.5 Å². The van der Waals surface area contributed by atoms with Gasteiger partial charge in [0.1, 0.15) is 5.82 Å². The van der Waals surface area contributed by atoms with E-state index in [-0.39, 0.29) is 45.1 Å². The van der Waals surface area contributed by atoms with Crippen LogP contribution in [0, 0.1) is 10.1 Å². The molecule has 1 saturated heterocycles. The van der Waals surface area contributed by atoms with Crippen molar-refractivity contribution in [2.24, 2.45) is 0 Å². The highest BCUT2D eigenvalue weighted by Gasteiger charge is 2.30. The number of nitro benzene ring substituents is 1. The van der Waals surface area contributed by atoms with Crippen molar-refractivity contribution in [2.45, 2.75) is 6.42 Å². The highest BCUT2D eigenvalue weighted by atomic mass is 35.5. The van der Waals surface area contributed by atoms with Gasteiger partial charge in [0, 0.05) is 35.6 Å². The number of hydrogen-bond acceptors (Lipinski definition) is 6. The van der Waals surface area contributed by atoms with Crippen molar-refractivity contribution in [3.8, 4) is 0 Å². The molecular weight excluding hydrogens is 419 g/mol. The van der Waals surface area contributed by atoms with E-state index < -0.39 is 20.9 Å². The van der Waals surface area contributed by atoms with Crippen LogP contribution in [0.1, 0.15) is 16.8 Å². The molecule has 0 bridgehead atoms. The zero-order valence-electron chi connectivity index (χ0n) is 13.6. The number of rotatable bonds is 4. The maximum absolute atomic E-state index is 12.6. The minimum atomic E-state index is -3.47. The Balaban J connectivity index is 1.91. The number of nitrogens with zero attached hydrogens (tertiary/aromatic N) is 3. The second-order valence-electron chi connectivity index (χ2n) is 5.67. The molecule has 1 aromatic heterocycles. The lowest BCUT2D eigenvalue weighted by molar-refractivity contribution is -0.384. The van der Waals surface area contributed by atoms with Crippen LogP contribution in [0.3, 0.4) is 0 Å². The lowest BCUT2D eigenvalue weighted by Gasteiger charge is -2.17. The molecule has 1 aromatic carbocycles. The number of pyridine rings is 1. The van der Waals surface area contributed by atoms with Gasteiger partial charge in [0.15, 0.2) is 0 Å². The van der Waals surface area contributed by atoms with Gasteiger partial charge in [0.25, 0.3) is 11.6 Å². The lowest BCUT2D eigenvalue weighted by atomic mass is 10.2. The molecule has 1 aliphatic rings. The van der Waals surface area contributed by atoms with Crippen LogP contribution in [0.15, 0.2) is 30.5 Å². The molecule has 0 spiro atoms. The maximum atomic E-state index is 12.6. The number of sulfonamides is 1. The highest BCUT2D eigenvalue weighted by Crippen LogP contribution is 2.28. The first-order chi connectivity index (χ1) is 12.7. The molecule has 12 heteroatoms. The summed E-state index contributed by atoms with van der Waals surface area (Å²) >= 11 is 11.9. The lowest BCUT2D eigenvalue weighted by Crippen LogP contribution is -2.26. The van der Waals surface area contributed by atoms with E-state index in [1.807, 2.05) is 0 Å². The average Bonchev–Trinajstić information content (AvgIpc) is 2.94. The van der Waals surface area contributed by atoms with E-state index in [0.29, 0.717) is 6.42 Å². The number of halogens is 2. The molecule has 1 amide bonds. The van der Waals surface area contributed by atoms with Crippen molar-refractivity contribution in [3.63, 3.8) is 0 Å². The molecule has 9 nitrogen and oxygen atoms in total. The van der Waals surface area contributed by atoms with Crippen molar-refractivity contribution in [1.29, 1.82) is 0 Å². The van der Waals surface area contributed by atoms with Crippen molar-refractivity contribution < 1.29 is 18.1 Å². The van der Waals surface area contributed by atoms with Crippen LogP contribution in [0.5, 0.6) is 0 Å². The summed E-state index contributed by atoms with van der Waals surface area (Å²) in [5, 5.41) is 13.5. The number of anilines is 2. The zero-order chi connectivity index (χ0) is 19.8. The van der Waals surface area contributed by atoms with Crippen molar-refractivity contribution in [3.05, 3.63) is 56.2 Å². The van der Waals surface area contributed by atoms with Crippen LogP contribution in [0.2, 0.25) is 10.0 Å². The third-order valence-electron chi connectivity index (χ3n) is 3.79. The molecule has 2 aromatic rings. The molecule has 0 radical (unpaired) electrons. The summed E-state index contributed by atoms with van der Waals surface area (Å²) in [4.78, 5) is 26.8. The molecule has 27 heavy (non-hydrogen) atoms. The number of carbonyl (C=O) groups excluding carboxylic acids is 1. The van der Waals surface area contributed by atoms with Gasteiger partial charge in [-0.3, -0.25) is 19.2 Å². The summed E-state index contributed by atoms with van der Waals surface area (Å²) in [6, 6.07) is 4.89. The molecule has 0 aliphatic carbocycles. The highest BCUT2D eigenvalue weighted by molar-refractivity contribution is 7.93. The first-order valence-corrected chi connectivity index (χ1v) is 9.96. The summed E-state index contributed by atoms with van der Waals surface area (Å²) in [5.74, 6) is -0.596. The Morgan fingerprint density at radius 3 is 2.63 bits per heavy atom. The fourth-order valence-electron chi connectivity index (χ4n) is 2.59. The number of aromatic nitrogens is 1. The second-order valence-corrected chi connectivity index (χ2v) is 8.53. The fraction of sp³-hybridized carbons (Fsp3) is 0.200. The van der Waals surface area contributed by atoms with Crippen LogP contribution in [0.4, 0.5) is 17.2 Å². The molecule has 142 valence electrons. The van der Waals surface area contributed by atoms with Crippen molar-refractivity contribution >= 4 is 56.3 Å². The van der Waals surface area contributed by atoms with Crippen LogP contribution in [0.25, 0.3) is 0 Å². The van der Waals surface area contributed by atoms with Gasteiger partial charge in [-0.25, -0.2) is 13.4 Å². The van der Waals surface area contributed by atoms with E-state index in [0.717, 1.165) is 16.4 Å². The number of hydrogen-bond donors (Lipinski definition) is 1. The van der Waals surface area contributed by atoms with E-state index in [9.17, 15) is 23.3 Å². The predicted molar refractivity (Wildman–Crippen MR) is 101 cm³/mol. The van der Waals surface area contributed by atoms with E-state index in [2.05, 4.69) is 10.3 Å². The van der Waals surface area contributed by atoms with E-state index in [1.54, 1.807) is 0 Å². The normalized spacial score (nSPS) is 15.6. The minimum absolute atomic E-state index is 0.00405. The smallest absolute Gasteiger partial charge is 0.272 e. The Labute approximate surface area is 164 Å². The van der Waals surface area contributed by atoms with Gasteiger partial charge in [-0.1, -0.05) is 23.2 Å². The Bertz CT molecular complexity index is 1040. The Morgan fingerprint density at radius 2 is 2.00 bits per heavy atom. The van der Waals surface area contributed by atoms with Gasteiger partial charge < -0.3 is 5.32 Å².